The molecule has 1 fully saturated rings. The number of rotatable bonds is 3. The van der Waals surface area contributed by atoms with Crippen LogP contribution in [-0.4, -0.2) is 52.1 Å². The van der Waals surface area contributed by atoms with E-state index in [1.165, 1.54) is 12.1 Å². The number of carbonyl (C=O) groups is 1. The smallest absolute Gasteiger partial charge is 0.270 e. The highest BCUT2D eigenvalue weighted by Gasteiger charge is 2.28. The number of H-pyrrole nitrogens is 1. The van der Waals surface area contributed by atoms with Gasteiger partial charge >= 0.3 is 0 Å². The lowest BCUT2D eigenvalue weighted by Gasteiger charge is -2.26. The van der Waals surface area contributed by atoms with E-state index in [0.29, 0.717) is 37.9 Å². The summed E-state index contributed by atoms with van der Waals surface area (Å²) >= 11 is 0. The molecule has 4 heterocycles. The van der Waals surface area contributed by atoms with Gasteiger partial charge in [-0.05, 0) is 29.3 Å². The van der Waals surface area contributed by atoms with Crippen molar-refractivity contribution in [3.8, 4) is 11.1 Å². The number of halogens is 1. The van der Waals surface area contributed by atoms with Gasteiger partial charge in [0.05, 0.1) is 25.5 Å². The Kier molecular flexibility index (Phi) is 4.48. The number of nitrogens with zero attached hydrogens (tertiary/aromatic N) is 4. The third-order valence-electron chi connectivity index (χ3n) is 5.32. The van der Waals surface area contributed by atoms with Crippen LogP contribution in [-0.2, 0) is 17.8 Å². The van der Waals surface area contributed by atoms with Crippen molar-refractivity contribution in [2.24, 2.45) is 0 Å². The number of morpholine rings is 1. The highest BCUT2D eigenvalue weighted by atomic mass is 19.1. The Morgan fingerprint density at radius 3 is 2.69 bits per heavy atom. The van der Waals surface area contributed by atoms with E-state index >= 15 is 0 Å². The highest BCUT2D eigenvalue weighted by molar-refractivity contribution is 5.94. The van der Waals surface area contributed by atoms with Gasteiger partial charge in [0.15, 0.2) is 0 Å². The Hall–Kier alpha value is -3.26. The normalized spacial score (nSPS) is 16.2. The minimum atomic E-state index is -0.284. The molecule has 2 aliphatic rings. The minimum absolute atomic E-state index is 0.0933. The average Bonchev–Trinajstić information content (AvgIpc) is 3.41. The Balaban J connectivity index is 1.31. The Morgan fingerprint density at radius 1 is 1.10 bits per heavy atom. The second-order valence-electron chi connectivity index (χ2n) is 7.21. The molecule has 29 heavy (non-hydrogen) atoms. The van der Waals surface area contributed by atoms with Gasteiger partial charge in [-0.3, -0.25) is 4.79 Å². The molecule has 2 aliphatic heterocycles. The fourth-order valence-corrected chi connectivity index (χ4v) is 3.70. The zero-order valence-corrected chi connectivity index (χ0v) is 15.8. The number of ether oxygens (including phenoxy) is 1. The number of aromatic nitrogens is 3. The number of benzene rings is 1. The van der Waals surface area contributed by atoms with E-state index in [-0.39, 0.29) is 11.7 Å². The molecule has 8 heteroatoms. The first kappa shape index (κ1) is 17.8. The van der Waals surface area contributed by atoms with Crippen molar-refractivity contribution in [1.82, 2.24) is 19.9 Å². The lowest BCUT2D eigenvalue weighted by atomic mass is 10.1. The molecule has 0 atom stereocenters. The summed E-state index contributed by atoms with van der Waals surface area (Å²) in [6.45, 7) is 3.84. The number of hydrogen-bond acceptors (Lipinski definition) is 5. The molecule has 0 bridgehead atoms. The van der Waals surface area contributed by atoms with E-state index in [0.717, 1.165) is 35.5 Å². The van der Waals surface area contributed by atoms with Crippen LogP contribution in [0.3, 0.4) is 0 Å². The van der Waals surface area contributed by atoms with Gasteiger partial charge in [-0.15, -0.1) is 0 Å². The van der Waals surface area contributed by atoms with E-state index < -0.39 is 0 Å². The van der Waals surface area contributed by atoms with Crippen molar-refractivity contribution in [2.45, 2.75) is 13.1 Å². The van der Waals surface area contributed by atoms with Crippen LogP contribution >= 0.6 is 0 Å². The molecule has 7 nitrogen and oxygen atoms in total. The molecule has 1 saturated heterocycles. The van der Waals surface area contributed by atoms with Crippen LogP contribution in [0.5, 0.6) is 0 Å². The van der Waals surface area contributed by atoms with Crippen molar-refractivity contribution in [3.05, 3.63) is 65.5 Å². The van der Waals surface area contributed by atoms with E-state index in [2.05, 4.69) is 19.9 Å². The second kappa shape index (κ2) is 7.29. The molecule has 1 amide bonds. The molecular weight excluding hydrogens is 373 g/mol. The highest BCUT2D eigenvalue weighted by Crippen LogP contribution is 2.26. The topological polar surface area (TPSA) is 74.4 Å². The lowest BCUT2D eigenvalue weighted by Crippen LogP contribution is -2.37. The summed E-state index contributed by atoms with van der Waals surface area (Å²) in [6.07, 6.45) is 3.58. The summed E-state index contributed by atoms with van der Waals surface area (Å²) in [5.41, 5.74) is 4.06. The van der Waals surface area contributed by atoms with Crippen molar-refractivity contribution in [1.29, 1.82) is 0 Å². The molecule has 1 aromatic carbocycles. The number of fused-ring (bicyclic) bond motifs is 1. The zero-order chi connectivity index (χ0) is 19.8. The molecular formula is C21H20FN5O2. The van der Waals surface area contributed by atoms with Crippen molar-refractivity contribution >= 4 is 11.9 Å². The molecule has 0 radical (unpaired) electrons. The Bertz CT molecular complexity index is 1040. The number of nitrogens with one attached hydrogen (secondary N) is 1. The fraction of sp³-hybridized carbons (Fsp3) is 0.286. The van der Waals surface area contributed by atoms with Gasteiger partial charge in [0.25, 0.3) is 5.91 Å². The maximum Gasteiger partial charge on any atom is 0.270 e. The molecule has 0 saturated carbocycles. The van der Waals surface area contributed by atoms with Gasteiger partial charge in [0.2, 0.25) is 5.95 Å². The van der Waals surface area contributed by atoms with Crippen LogP contribution in [0.1, 0.15) is 21.7 Å². The SMILES string of the molecule is O=C(c1cc(-c2ccc(F)cc2)c[nH]1)N1Cc2cnc(N3CCOCC3)nc2C1. The van der Waals surface area contributed by atoms with Gasteiger partial charge in [-0.1, -0.05) is 12.1 Å². The predicted octanol–water partition coefficient (Wildman–Crippen LogP) is 2.60. The van der Waals surface area contributed by atoms with Crippen LogP contribution < -0.4 is 4.90 Å². The average molecular weight is 393 g/mol. The maximum absolute atomic E-state index is 13.1. The summed E-state index contributed by atoms with van der Waals surface area (Å²) < 4.78 is 18.5. The van der Waals surface area contributed by atoms with Gasteiger partial charge in [0, 0.05) is 37.6 Å². The first-order valence-electron chi connectivity index (χ1n) is 9.58. The third kappa shape index (κ3) is 3.47. The number of carbonyl (C=O) groups excluding carboxylic acids is 1. The quantitative estimate of drug-likeness (QED) is 0.741. The zero-order valence-electron chi connectivity index (χ0n) is 15.8. The van der Waals surface area contributed by atoms with Crippen LogP contribution in [0, 0.1) is 5.82 Å². The molecule has 1 N–H and O–H groups in total. The summed E-state index contributed by atoms with van der Waals surface area (Å²) in [4.78, 5) is 29.0. The Labute approximate surface area is 167 Å². The van der Waals surface area contributed by atoms with Crippen LogP contribution in [0.4, 0.5) is 10.3 Å². The number of hydrogen-bond donors (Lipinski definition) is 1. The van der Waals surface area contributed by atoms with Crippen LogP contribution in [0.2, 0.25) is 0 Å². The molecule has 2 aromatic heterocycles. The van der Waals surface area contributed by atoms with Crippen LogP contribution in [0.25, 0.3) is 11.1 Å². The molecule has 5 rings (SSSR count). The first-order valence-corrected chi connectivity index (χ1v) is 9.58. The standard InChI is InChI=1S/C21H20FN5O2/c22-17-3-1-14(2-4-17)15-9-18(23-10-15)20(28)27-12-16-11-24-21(25-19(16)13-27)26-5-7-29-8-6-26/h1-4,9-11,23H,5-8,12-13H2. The predicted molar refractivity (Wildman–Crippen MR) is 105 cm³/mol. The molecule has 148 valence electrons. The Morgan fingerprint density at radius 2 is 1.90 bits per heavy atom. The van der Waals surface area contributed by atoms with E-state index in [9.17, 15) is 9.18 Å². The third-order valence-corrected chi connectivity index (χ3v) is 5.32. The number of aromatic amines is 1. The summed E-state index contributed by atoms with van der Waals surface area (Å²) in [5, 5.41) is 0. The minimum Gasteiger partial charge on any atom is -0.378 e. The summed E-state index contributed by atoms with van der Waals surface area (Å²) in [7, 11) is 0. The van der Waals surface area contributed by atoms with Crippen LogP contribution in [0.15, 0.2) is 42.7 Å². The summed E-state index contributed by atoms with van der Waals surface area (Å²) in [5.74, 6) is 0.317. The van der Waals surface area contributed by atoms with Gasteiger partial charge in [-0.2, -0.15) is 0 Å². The van der Waals surface area contributed by atoms with E-state index in [1.807, 2.05) is 6.20 Å². The number of anilines is 1. The maximum atomic E-state index is 13.1. The molecule has 0 aliphatic carbocycles. The largest absolute Gasteiger partial charge is 0.378 e. The van der Waals surface area contributed by atoms with E-state index in [4.69, 9.17) is 4.74 Å². The molecule has 0 spiro atoms. The summed E-state index contributed by atoms with van der Waals surface area (Å²) in [6, 6.07) is 8.00. The number of amides is 1. The van der Waals surface area contributed by atoms with Gasteiger partial charge in [0.1, 0.15) is 11.5 Å². The second-order valence-corrected chi connectivity index (χ2v) is 7.21. The van der Waals surface area contributed by atoms with Gasteiger partial charge in [-0.25, -0.2) is 14.4 Å². The van der Waals surface area contributed by atoms with E-state index in [1.54, 1.807) is 29.3 Å². The molecule has 3 aromatic rings. The van der Waals surface area contributed by atoms with Gasteiger partial charge < -0.3 is 19.5 Å². The monoisotopic (exact) mass is 393 g/mol. The van der Waals surface area contributed by atoms with Crippen molar-refractivity contribution < 1.29 is 13.9 Å². The first-order chi connectivity index (χ1) is 14.2. The lowest BCUT2D eigenvalue weighted by molar-refractivity contribution is 0.0745. The van der Waals surface area contributed by atoms with Crippen molar-refractivity contribution in [3.63, 3.8) is 0 Å². The molecule has 0 unspecified atom stereocenters. The fourth-order valence-electron chi connectivity index (χ4n) is 3.70. The van der Waals surface area contributed by atoms with Crippen molar-refractivity contribution in [2.75, 3.05) is 31.2 Å².